The maximum atomic E-state index is 13.7. The third kappa shape index (κ3) is 6.24. The van der Waals surface area contributed by atoms with Crippen LogP contribution < -0.4 is 0 Å². The standard InChI is InChI=1S/C25H15F3N.C5H8O2.Ir/c1-15-6-8-19-17(12-15)7-9-22-21(19)10-11-29-24(22)18-13-16-4-2-3-5-20(16)23(14-18)25(26,27)28;1-4(6)3-5(2)7;/h2-12,14H,1H3;3,6H,1-2H3;/q-1;;/b;4-3-;. The summed E-state index contributed by atoms with van der Waals surface area (Å²) < 4.78 is 41.2. The number of aromatic nitrogens is 1. The molecule has 0 spiro atoms. The molecule has 0 bridgehead atoms. The smallest absolute Gasteiger partial charge is 0.403 e. The zero-order valence-corrected chi connectivity index (χ0v) is 22.7. The van der Waals surface area contributed by atoms with Crippen molar-refractivity contribution in [2.75, 3.05) is 0 Å². The van der Waals surface area contributed by atoms with Gasteiger partial charge in [0.25, 0.3) is 0 Å². The topological polar surface area (TPSA) is 50.2 Å². The number of hydrogen-bond donors (Lipinski definition) is 1. The maximum absolute atomic E-state index is 13.7. The van der Waals surface area contributed by atoms with Gasteiger partial charge in [-0.15, -0.1) is 23.6 Å². The number of benzene rings is 4. The number of ketones is 1. The summed E-state index contributed by atoms with van der Waals surface area (Å²) in [6, 6.07) is 22.7. The van der Waals surface area contributed by atoms with Crippen molar-refractivity contribution in [2.45, 2.75) is 26.9 Å². The summed E-state index contributed by atoms with van der Waals surface area (Å²) in [6.45, 7) is 4.88. The number of pyridine rings is 1. The molecule has 1 radical (unpaired) electrons. The van der Waals surface area contributed by atoms with E-state index >= 15 is 0 Å². The summed E-state index contributed by atoms with van der Waals surface area (Å²) in [4.78, 5) is 14.5. The van der Waals surface area contributed by atoms with Crippen LogP contribution in [-0.2, 0) is 31.1 Å². The molecule has 4 aromatic carbocycles. The van der Waals surface area contributed by atoms with E-state index in [1.54, 1.807) is 24.4 Å². The molecule has 0 aliphatic carbocycles. The number of hydrogen-bond acceptors (Lipinski definition) is 3. The summed E-state index contributed by atoms with van der Waals surface area (Å²) in [5.74, 6) is -0.0625. The van der Waals surface area contributed by atoms with Gasteiger partial charge in [0.05, 0.1) is 5.76 Å². The zero-order chi connectivity index (χ0) is 26.0. The van der Waals surface area contributed by atoms with Gasteiger partial charge in [-0.05, 0) is 53.9 Å². The Hall–Kier alpha value is -3.54. The van der Waals surface area contributed by atoms with Gasteiger partial charge in [-0.3, -0.25) is 9.78 Å². The first kappa shape index (κ1) is 28.0. The molecule has 0 aliphatic rings. The van der Waals surface area contributed by atoms with Crippen molar-refractivity contribution in [1.29, 1.82) is 0 Å². The average Bonchev–Trinajstić information content (AvgIpc) is 2.81. The molecule has 0 amide bonds. The quantitative estimate of drug-likeness (QED) is 0.0884. The van der Waals surface area contributed by atoms with Crippen LogP contribution >= 0.6 is 0 Å². The fraction of sp³-hybridized carbons (Fsp3) is 0.133. The van der Waals surface area contributed by atoms with Crippen molar-refractivity contribution in [3.63, 3.8) is 0 Å². The molecule has 1 aromatic heterocycles. The van der Waals surface area contributed by atoms with E-state index in [-0.39, 0.29) is 37.0 Å². The van der Waals surface area contributed by atoms with Crippen molar-refractivity contribution in [3.8, 4) is 11.3 Å². The molecule has 1 heterocycles. The van der Waals surface area contributed by atoms with E-state index in [9.17, 15) is 18.0 Å². The second-order valence-corrected chi connectivity index (χ2v) is 8.58. The van der Waals surface area contributed by atoms with Crippen LogP contribution in [0.4, 0.5) is 13.2 Å². The second kappa shape index (κ2) is 11.2. The number of rotatable bonds is 2. The summed E-state index contributed by atoms with van der Waals surface area (Å²) in [6.07, 6.45) is -1.65. The number of nitrogens with zero attached hydrogens (tertiary/aromatic N) is 1. The van der Waals surface area contributed by atoms with E-state index in [0.717, 1.165) is 33.2 Å². The van der Waals surface area contributed by atoms with Gasteiger partial charge in [0.1, 0.15) is 0 Å². The van der Waals surface area contributed by atoms with Gasteiger partial charge in [-0.2, -0.15) is 13.2 Å². The number of aliphatic hydroxyl groups is 1. The molecule has 37 heavy (non-hydrogen) atoms. The Kier molecular flexibility index (Phi) is 8.52. The normalized spacial score (nSPS) is 11.7. The third-order valence-electron chi connectivity index (χ3n) is 5.66. The van der Waals surface area contributed by atoms with Crippen LogP contribution in [0.25, 0.3) is 43.6 Å². The van der Waals surface area contributed by atoms with Crippen molar-refractivity contribution >= 4 is 38.1 Å². The van der Waals surface area contributed by atoms with E-state index in [0.29, 0.717) is 16.6 Å². The molecular weight excluding hydrogens is 656 g/mol. The molecule has 0 aliphatic heterocycles. The van der Waals surface area contributed by atoms with Crippen LogP contribution in [0.15, 0.2) is 84.8 Å². The minimum atomic E-state index is -4.46. The molecular formula is C30H23F3IrNO2-. The number of alkyl halides is 3. The van der Waals surface area contributed by atoms with Crippen LogP contribution in [0, 0.1) is 13.0 Å². The first-order valence-electron chi connectivity index (χ1n) is 11.2. The Morgan fingerprint density at radius 2 is 1.62 bits per heavy atom. The predicted octanol–water partition coefficient (Wildman–Crippen LogP) is 8.37. The van der Waals surface area contributed by atoms with Crippen molar-refractivity contribution in [3.05, 3.63) is 102 Å². The van der Waals surface area contributed by atoms with Crippen LogP contribution in [0.2, 0.25) is 0 Å². The summed E-state index contributed by atoms with van der Waals surface area (Å²) in [7, 11) is 0. The largest absolute Gasteiger partial charge is 0.512 e. The van der Waals surface area contributed by atoms with E-state index in [1.165, 1.54) is 26.0 Å². The molecule has 5 rings (SSSR count). The number of allylic oxidation sites excluding steroid dienone is 2. The monoisotopic (exact) mass is 679 g/mol. The molecule has 0 atom stereocenters. The van der Waals surface area contributed by atoms with Crippen molar-refractivity contribution < 1.29 is 43.2 Å². The Morgan fingerprint density at radius 1 is 0.919 bits per heavy atom. The SMILES string of the molecule is CC(=O)/C=C(/C)O.Cc1ccc2c(ccc3c(-c4[c-]c5ccccc5c(C(F)(F)F)c4)nccc32)c1.[Ir]. The van der Waals surface area contributed by atoms with Gasteiger partial charge in [-0.1, -0.05) is 65.0 Å². The van der Waals surface area contributed by atoms with Gasteiger partial charge in [0, 0.05) is 38.1 Å². The number of fused-ring (bicyclic) bond motifs is 4. The van der Waals surface area contributed by atoms with Gasteiger partial charge < -0.3 is 5.11 Å². The van der Waals surface area contributed by atoms with Gasteiger partial charge in [0.15, 0.2) is 5.78 Å². The molecule has 1 N–H and O–H groups in total. The molecule has 5 aromatic rings. The minimum absolute atomic E-state index is 0. The van der Waals surface area contributed by atoms with E-state index < -0.39 is 11.7 Å². The summed E-state index contributed by atoms with van der Waals surface area (Å²) in [5, 5.41) is 12.8. The third-order valence-corrected chi connectivity index (χ3v) is 5.66. The first-order valence-corrected chi connectivity index (χ1v) is 11.2. The number of halogens is 3. The Labute approximate surface area is 226 Å². The maximum Gasteiger partial charge on any atom is 0.403 e. The van der Waals surface area contributed by atoms with E-state index in [2.05, 4.69) is 17.1 Å². The molecule has 0 unspecified atom stereocenters. The molecule has 3 nitrogen and oxygen atoms in total. The minimum Gasteiger partial charge on any atom is -0.512 e. The van der Waals surface area contributed by atoms with Gasteiger partial charge in [-0.25, -0.2) is 0 Å². The Balaban J connectivity index is 0.000000422. The van der Waals surface area contributed by atoms with Crippen LogP contribution in [0.3, 0.4) is 0 Å². The van der Waals surface area contributed by atoms with Crippen molar-refractivity contribution in [1.82, 2.24) is 4.98 Å². The summed E-state index contributed by atoms with van der Waals surface area (Å²) >= 11 is 0. The fourth-order valence-electron chi connectivity index (χ4n) is 4.22. The van der Waals surface area contributed by atoms with E-state index in [1.807, 2.05) is 37.3 Å². The number of aliphatic hydroxyl groups excluding tert-OH is 1. The molecule has 0 saturated heterocycles. The first-order chi connectivity index (χ1) is 17.0. The van der Waals surface area contributed by atoms with Crippen LogP contribution in [0.5, 0.6) is 0 Å². The fourth-order valence-corrected chi connectivity index (χ4v) is 4.22. The molecule has 0 fully saturated rings. The van der Waals surface area contributed by atoms with Gasteiger partial charge >= 0.3 is 6.18 Å². The molecule has 7 heteroatoms. The predicted molar refractivity (Wildman–Crippen MR) is 138 cm³/mol. The number of aryl methyl sites for hydroxylation is 1. The van der Waals surface area contributed by atoms with E-state index in [4.69, 9.17) is 5.11 Å². The average molecular weight is 679 g/mol. The number of carbonyl (C=O) groups excluding carboxylic acids is 1. The van der Waals surface area contributed by atoms with Gasteiger partial charge in [0.2, 0.25) is 0 Å². The van der Waals surface area contributed by atoms with Crippen LogP contribution in [-0.4, -0.2) is 15.9 Å². The van der Waals surface area contributed by atoms with Crippen LogP contribution in [0.1, 0.15) is 25.0 Å². The number of carbonyl (C=O) groups is 1. The molecule has 0 saturated carbocycles. The van der Waals surface area contributed by atoms with Crippen molar-refractivity contribution in [2.24, 2.45) is 0 Å². The zero-order valence-electron chi connectivity index (χ0n) is 20.3. The Bertz CT molecular complexity index is 1640. The summed E-state index contributed by atoms with van der Waals surface area (Å²) in [5.41, 5.74) is 1.33. The second-order valence-electron chi connectivity index (χ2n) is 8.58. The molecule has 191 valence electrons. The Morgan fingerprint density at radius 3 is 2.27 bits per heavy atom.